The molecule has 0 aliphatic rings. The number of benzene rings is 3. The Morgan fingerprint density at radius 2 is 1.38 bits per heavy atom. The molecule has 37 heavy (non-hydrogen) atoms. The van der Waals surface area contributed by atoms with Crippen molar-refractivity contribution in [2.45, 2.75) is 46.6 Å². The highest BCUT2D eigenvalue weighted by molar-refractivity contribution is 5.99. The predicted octanol–water partition coefficient (Wildman–Crippen LogP) is 5.62. The number of nitrogens with one attached hydrogen (secondary N) is 2. The summed E-state index contributed by atoms with van der Waals surface area (Å²) in [5.41, 5.74) is 4.02. The molecule has 0 aromatic heterocycles. The van der Waals surface area contributed by atoms with E-state index in [0.29, 0.717) is 30.1 Å². The van der Waals surface area contributed by atoms with Crippen molar-refractivity contribution in [3.05, 3.63) is 89.5 Å². The number of hydrogen-bond acceptors (Lipinski definition) is 4. The first-order chi connectivity index (χ1) is 17.5. The first kappa shape index (κ1) is 27.5. The summed E-state index contributed by atoms with van der Waals surface area (Å²) in [6.45, 7) is 10.5. The van der Waals surface area contributed by atoms with E-state index in [4.69, 9.17) is 4.74 Å². The minimum Gasteiger partial charge on any atom is -0.489 e. The topological polar surface area (TPSA) is 87.7 Å². The number of amides is 3. The quantitative estimate of drug-likeness (QED) is 0.398. The lowest BCUT2D eigenvalue weighted by atomic mass is 9.87. The maximum atomic E-state index is 13.0. The van der Waals surface area contributed by atoms with Gasteiger partial charge in [0.2, 0.25) is 11.8 Å². The van der Waals surface area contributed by atoms with Crippen molar-refractivity contribution in [2.24, 2.45) is 0 Å². The number of carbonyl (C=O) groups excluding carboxylic acids is 3. The minimum atomic E-state index is -0.301. The highest BCUT2D eigenvalue weighted by atomic mass is 16.5. The van der Waals surface area contributed by atoms with Crippen molar-refractivity contribution in [3.63, 3.8) is 0 Å². The first-order valence-corrected chi connectivity index (χ1v) is 12.3. The number of ether oxygens (including phenoxy) is 1. The highest BCUT2D eigenvalue weighted by Crippen LogP contribution is 2.24. The molecule has 3 amide bonds. The summed E-state index contributed by atoms with van der Waals surface area (Å²) in [7, 11) is 0. The van der Waals surface area contributed by atoms with Crippen LogP contribution in [0.3, 0.4) is 0 Å². The first-order valence-electron chi connectivity index (χ1n) is 12.3. The average molecular weight is 502 g/mol. The van der Waals surface area contributed by atoms with Crippen molar-refractivity contribution < 1.29 is 19.1 Å². The van der Waals surface area contributed by atoms with E-state index in [-0.39, 0.29) is 29.7 Å². The minimum absolute atomic E-state index is 0.0712. The van der Waals surface area contributed by atoms with Crippen LogP contribution in [-0.2, 0) is 21.6 Å². The number of anilines is 2. The van der Waals surface area contributed by atoms with E-state index in [1.54, 1.807) is 36.4 Å². The third-order valence-electron chi connectivity index (χ3n) is 5.82. The summed E-state index contributed by atoms with van der Waals surface area (Å²) in [5, 5.41) is 5.46. The normalized spacial score (nSPS) is 10.9. The molecule has 0 unspecified atom stereocenters. The van der Waals surface area contributed by atoms with Gasteiger partial charge in [0.05, 0.1) is 0 Å². The van der Waals surface area contributed by atoms with Crippen LogP contribution in [0.4, 0.5) is 11.4 Å². The summed E-state index contributed by atoms with van der Waals surface area (Å²) in [4.78, 5) is 38.2. The summed E-state index contributed by atoms with van der Waals surface area (Å²) in [6, 6.07) is 22.1. The molecule has 7 heteroatoms. The van der Waals surface area contributed by atoms with Crippen LogP contribution in [-0.4, -0.2) is 35.7 Å². The van der Waals surface area contributed by atoms with Crippen LogP contribution in [0.1, 0.15) is 56.1 Å². The molecule has 2 N–H and O–H groups in total. The largest absolute Gasteiger partial charge is 0.489 e. The zero-order valence-electron chi connectivity index (χ0n) is 22.1. The Labute approximate surface area is 218 Å². The molecule has 194 valence electrons. The van der Waals surface area contributed by atoms with Crippen molar-refractivity contribution in [1.82, 2.24) is 4.90 Å². The fourth-order valence-corrected chi connectivity index (χ4v) is 3.69. The van der Waals surface area contributed by atoms with Crippen LogP contribution < -0.4 is 15.4 Å². The molecule has 0 bridgehead atoms. The van der Waals surface area contributed by atoms with E-state index in [1.807, 2.05) is 31.2 Å². The van der Waals surface area contributed by atoms with Crippen LogP contribution in [0, 0.1) is 0 Å². The Bertz CT molecular complexity index is 1210. The smallest absolute Gasteiger partial charge is 0.254 e. The van der Waals surface area contributed by atoms with Crippen LogP contribution in [0.15, 0.2) is 72.8 Å². The zero-order chi connectivity index (χ0) is 27.0. The molecular formula is C30H35N3O4. The van der Waals surface area contributed by atoms with Crippen molar-refractivity contribution in [1.29, 1.82) is 0 Å². The van der Waals surface area contributed by atoms with Gasteiger partial charge in [-0.25, -0.2) is 0 Å². The van der Waals surface area contributed by atoms with E-state index in [1.165, 1.54) is 17.4 Å². The van der Waals surface area contributed by atoms with Gasteiger partial charge in [-0.2, -0.15) is 0 Å². The number of hydrogen-bond donors (Lipinski definition) is 2. The Balaban J connectivity index is 1.53. The molecule has 0 spiro atoms. The summed E-state index contributed by atoms with van der Waals surface area (Å²) in [6.07, 6.45) is 0. The van der Waals surface area contributed by atoms with E-state index in [2.05, 4.69) is 43.5 Å². The monoisotopic (exact) mass is 501 g/mol. The van der Waals surface area contributed by atoms with Gasteiger partial charge in [0.1, 0.15) is 18.9 Å². The van der Waals surface area contributed by atoms with Crippen LogP contribution >= 0.6 is 0 Å². The molecule has 3 aromatic carbocycles. The van der Waals surface area contributed by atoms with Crippen molar-refractivity contribution in [3.8, 4) is 5.75 Å². The van der Waals surface area contributed by atoms with Crippen LogP contribution in [0.2, 0.25) is 0 Å². The summed E-state index contributed by atoms with van der Waals surface area (Å²) < 4.78 is 5.90. The van der Waals surface area contributed by atoms with Crippen molar-refractivity contribution in [2.75, 3.05) is 23.7 Å². The lowest BCUT2D eigenvalue weighted by molar-refractivity contribution is -0.117. The van der Waals surface area contributed by atoms with Gasteiger partial charge >= 0.3 is 0 Å². The zero-order valence-corrected chi connectivity index (χ0v) is 22.1. The predicted molar refractivity (Wildman–Crippen MR) is 147 cm³/mol. The third-order valence-corrected chi connectivity index (χ3v) is 5.82. The van der Waals surface area contributed by atoms with Gasteiger partial charge in [-0.1, -0.05) is 45.0 Å². The summed E-state index contributed by atoms with van der Waals surface area (Å²) >= 11 is 0. The van der Waals surface area contributed by atoms with Gasteiger partial charge in [-0.15, -0.1) is 0 Å². The van der Waals surface area contributed by atoms with Crippen molar-refractivity contribution >= 4 is 29.1 Å². The fraction of sp³-hybridized carbons (Fsp3) is 0.300. The Morgan fingerprint density at radius 3 is 1.89 bits per heavy atom. The molecule has 3 rings (SSSR count). The summed E-state index contributed by atoms with van der Waals surface area (Å²) in [5.74, 6) is 0.107. The van der Waals surface area contributed by atoms with E-state index in [0.717, 1.165) is 11.3 Å². The maximum absolute atomic E-state index is 13.0. The number of carbonyl (C=O) groups is 3. The van der Waals surface area contributed by atoms with E-state index in [9.17, 15) is 14.4 Å². The number of rotatable bonds is 9. The molecule has 0 fully saturated rings. The second-order valence-corrected chi connectivity index (χ2v) is 9.89. The van der Waals surface area contributed by atoms with E-state index < -0.39 is 0 Å². The SMILES string of the molecule is CCN(CC(=O)Nc1ccc(NC(C)=O)cc1)C(=O)c1ccc(COc2ccc(C(C)(C)C)cc2)cc1. The highest BCUT2D eigenvalue weighted by Gasteiger charge is 2.18. The molecule has 7 nitrogen and oxygen atoms in total. The molecule has 0 aliphatic heterocycles. The molecule has 0 saturated carbocycles. The van der Waals surface area contributed by atoms with Crippen LogP contribution in [0.5, 0.6) is 5.75 Å². The molecule has 0 radical (unpaired) electrons. The second-order valence-electron chi connectivity index (χ2n) is 9.89. The van der Waals surface area contributed by atoms with Gasteiger partial charge in [-0.05, 0) is 72.0 Å². The Kier molecular flexibility index (Phi) is 9.06. The lowest BCUT2D eigenvalue weighted by Gasteiger charge is -2.21. The standard InChI is InChI=1S/C30H35N3O4/c1-6-33(19-28(35)32-26-15-13-25(14-16-26)31-21(2)34)29(36)23-9-7-22(8-10-23)20-37-27-17-11-24(12-18-27)30(3,4)5/h7-18H,6,19-20H2,1-5H3,(H,31,34)(H,32,35). The van der Waals surface area contributed by atoms with Gasteiger partial charge in [0, 0.05) is 30.4 Å². The number of likely N-dealkylation sites (N-methyl/N-ethyl adjacent to an activating group) is 1. The number of nitrogens with zero attached hydrogens (tertiary/aromatic N) is 1. The van der Waals surface area contributed by atoms with Gasteiger partial charge in [0.15, 0.2) is 0 Å². The van der Waals surface area contributed by atoms with Gasteiger partial charge in [0.25, 0.3) is 5.91 Å². The fourth-order valence-electron chi connectivity index (χ4n) is 3.69. The van der Waals surface area contributed by atoms with Gasteiger partial charge in [-0.3, -0.25) is 14.4 Å². The molecule has 0 atom stereocenters. The second kappa shape index (κ2) is 12.2. The average Bonchev–Trinajstić information content (AvgIpc) is 2.86. The molecule has 3 aromatic rings. The Hall–Kier alpha value is -4.13. The molecule has 0 saturated heterocycles. The molecule has 0 heterocycles. The maximum Gasteiger partial charge on any atom is 0.254 e. The molecule has 0 aliphatic carbocycles. The van der Waals surface area contributed by atoms with Crippen LogP contribution in [0.25, 0.3) is 0 Å². The third kappa shape index (κ3) is 8.20. The Morgan fingerprint density at radius 1 is 0.811 bits per heavy atom. The van der Waals surface area contributed by atoms with Gasteiger partial charge < -0.3 is 20.3 Å². The lowest BCUT2D eigenvalue weighted by Crippen LogP contribution is -2.37. The molecular weight excluding hydrogens is 466 g/mol. The van der Waals surface area contributed by atoms with E-state index >= 15 is 0 Å².